The van der Waals surface area contributed by atoms with Gasteiger partial charge in [0.1, 0.15) is 5.75 Å². The highest BCUT2D eigenvalue weighted by Gasteiger charge is 2.33. The molecule has 0 aliphatic heterocycles. The summed E-state index contributed by atoms with van der Waals surface area (Å²) in [5, 5.41) is 9.17. The Hall–Kier alpha value is -3.26. The minimum Gasteiger partial charge on any atom is -0.496 e. The van der Waals surface area contributed by atoms with Crippen LogP contribution in [0.2, 0.25) is 0 Å². The number of alkyl halides is 3. The van der Waals surface area contributed by atoms with Crippen LogP contribution in [0.4, 0.5) is 13.2 Å². The van der Waals surface area contributed by atoms with E-state index in [1.807, 2.05) is 60.0 Å². The van der Waals surface area contributed by atoms with Crippen LogP contribution in [-0.4, -0.2) is 21.9 Å². The van der Waals surface area contributed by atoms with Gasteiger partial charge in [-0.15, -0.1) is 10.2 Å². The summed E-state index contributed by atoms with van der Waals surface area (Å²) in [6.45, 7) is 1.99. The Morgan fingerprint density at radius 2 is 1.59 bits per heavy atom. The topological polar surface area (TPSA) is 39.9 Å². The molecule has 4 aromatic rings. The van der Waals surface area contributed by atoms with Crippen molar-refractivity contribution < 1.29 is 17.9 Å². The lowest BCUT2D eigenvalue weighted by Gasteiger charge is -2.14. The lowest BCUT2D eigenvalue weighted by atomic mass is 10.1. The van der Waals surface area contributed by atoms with E-state index < -0.39 is 11.7 Å². The van der Waals surface area contributed by atoms with Gasteiger partial charge in [0, 0.05) is 11.4 Å². The Kier molecular flexibility index (Phi) is 6.23. The van der Waals surface area contributed by atoms with Gasteiger partial charge in [0.15, 0.2) is 11.0 Å². The normalized spacial score (nSPS) is 11.5. The number of aryl methyl sites for hydroxylation is 1. The lowest BCUT2D eigenvalue weighted by Crippen LogP contribution is -2.08. The molecule has 164 valence electrons. The molecule has 0 amide bonds. The van der Waals surface area contributed by atoms with Gasteiger partial charge in [0.25, 0.3) is 0 Å². The van der Waals surface area contributed by atoms with Crippen molar-refractivity contribution in [2.75, 3.05) is 7.11 Å². The molecule has 1 aromatic heterocycles. The fourth-order valence-corrected chi connectivity index (χ4v) is 4.31. The Labute approximate surface area is 188 Å². The third-order valence-electron chi connectivity index (χ3n) is 4.95. The van der Waals surface area contributed by atoms with Crippen LogP contribution in [-0.2, 0) is 11.9 Å². The van der Waals surface area contributed by atoms with Crippen molar-refractivity contribution in [1.82, 2.24) is 14.8 Å². The highest BCUT2D eigenvalue weighted by molar-refractivity contribution is 7.98. The molecule has 4 nitrogen and oxygen atoms in total. The molecule has 0 aliphatic carbocycles. The third kappa shape index (κ3) is 4.50. The van der Waals surface area contributed by atoms with E-state index in [1.165, 1.54) is 23.9 Å². The molecule has 0 fully saturated rings. The fraction of sp³-hybridized carbons (Fsp3) is 0.167. The first kappa shape index (κ1) is 22.0. The number of hydrogen-bond acceptors (Lipinski definition) is 4. The average molecular weight is 456 g/mol. The predicted molar refractivity (Wildman–Crippen MR) is 119 cm³/mol. The monoisotopic (exact) mass is 455 g/mol. The van der Waals surface area contributed by atoms with Gasteiger partial charge in [0.05, 0.1) is 18.2 Å². The molecule has 8 heteroatoms. The number of halogens is 3. The Morgan fingerprint density at radius 3 is 2.31 bits per heavy atom. The maximum atomic E-state index is 13.4. The number of rotatable bonds is 6. The van der Waals surface area contributed by atoms with Crippen molar-refractivity contribution in [2.45, 2.75) is 24.0 Å². The van der Waals surface area contributed by atoms with Crippen LogP contribution < -0.4 is 4.74 Å². The zero-order chi connectivity index (χ0) is 22.7. The molecule has 0 saturated carbocycles. The maximum Gasteiger partial charge on any atom is 0.416 e. The van der Waals surface area contributed by atoms with Crippen molar-refractivity contribution in [3.8, 4) is 22.8 Å². The molecule has 32 heavy (non-hydrogen) atoms. The van der Waals surface area contributed by atoms with Crippen LogP contribution in [0.5, 0.6) is 5.75 Å². The smallest absolute Gasteiger partial charge is 0.416 e. The number of nitrogens with zero attached hydrogens (tertiary/aromatic N) is 3. The first-order valence-corrected chi connectivity index (χ1v) is 10.8. The molecule has 0 atom stereocenters. The van der Waals surface area contributed by atoms with E-state index in [2.05, 4.69) is 10.2 Å². The molecule has 0 saturated heterocycles. The lowest BCUT2D eigenvalue weighted by molar-refractivity contribution is -0.138. The molecule has 0 radical (unpaired) electrons. The fourth-order valence-electron chi connectivity index (χ4n) is 3.36. The van der Waals surface area contributed by atoms with Crippen molar-refractivity contribution in [3.05, 3.63) is 89.5 Å². The SMILES string of the molecule is COc1ccccc1-c1nnc(SCc2ccccc2C(F)(F)F)n1-c1ccc(C)cc1. The third-order valence-corrected chi connectivity index (χ3v) is 5.93. The van der Waals surface area contributed by atoms with Crippen LogP contribution in [0.1, 0.15) is 16.7 Å². The quantitative estimate of drug-likeness (QED) is 0.309. The largest absolute Gasteiger partial charge is 0.496 e. The number of ether oxygens (including phenoxy) is 1. The minimum absolute atomic E-state index is 0.103. The maximum absolute atomic E-state index is 13.4. The second-order valence-corrected chi connectivity index (χ2v) is 8.06. The van der Waals surface area contributed by atoms with E-state index in [0.29, 0.717) is 16.7 Å². The molecule has 3 aromatic carbocycles. The summed E-state index contributed by atoms with van der Waals surface area (Å²) < 4.78 is 47.6. The van der Waals surface area contributed by atoms with E-state index >= 15 is 0 Å². The second kappa shape index (κ2) is 9.08. The highest BCUT2D eigenvalue weighted by atomic mass is 32.2. The second-order valence-electron chi connectivity index (χ2n) is 7.12. The van der Waals surface area contributed by atoms with Crippen LogP contribution in [0.25, 0.3) is 17.1 Å². The van der Waals surface area contributed by atoms with Gasteiger partial charge >= 0.3 is 6.18 Å². The van der Waals surface area contributed by atoms with Gasteiger partial charge in [-0.05, 0) is 42.8 Å². The Bertz CT molecular complexity index is 1220. The van der Waals surface area contributed by atoms with Crippen LogP contribution in [0.15, 0.2) is 78.0 Å². The van der Waals surface area contributed by atoms with E-state index in [9.17, 15) is 13.2 Å². The van der Waals surface area contributed by atoms with Gasteiger partial charge < -0.3 is 4.74 Å². The number of hydrogen-bond donors (Lipinski definition) is 0. The van der Waals surface area contributed by atoms with E-state index in [4.69, 9.17) is 4.74 Å². The molecule has 0 unspecified atom stereocenters. The summed E-state index contributed by atoms with van der Waals surface area (Å²) in [5.74, 6) is 1.29. The van der Waals surface area contributed by atoms with Gasteiger partial charge in [-0.1, -0.05) is 59.8 Å². The average Bonchev–Trinajstić information content (AvgIpc) is 3.21. The molecule has 0 aliphatic rings. The number of methoxy groups -OCH3 is 1. The van der Waals surface area contributed by atoms with Gasteiger partial charge in [-0.3, -0.25) is 4.57 Å². The van der Waals surface area contributed by atoms with E-state index in [-0.39, 0.29) is 11.3 Å². The predicted octanol–water partition coefficient (Wildman–Crippen LogP) is 6.56. The summed E-state index contributed by atoms with van der Waals surface area (Å²) in [7, 11) is 1.58. The molecular weight excluding hydrogens is 435 g/mol. The molecule has 0 N–H and O–H groups in total. The summed E-state index contributed by atoms with van der Waals surface area (Å²) >= 11 is 1.21. The van der Waals surface area contributed by atoms with Crippen LogP contribution in [0, 0.1) is 6.92 Å². The molecule has 0 spiro atoms. The molecule has 0 bridgehead atoms. The number of aromatic nitrogens is 3. The Morgan fingerprint density at radius 1 is 0.906 bits per heavy atom. The zero-order valence-corrected chi connectivity index (χ0v) is 18.2. The van der Waals surface area contributed by atoms with Gasteiger partial charge in [-0.25, -0.2) is 0 Å². The van der Waals surface area contributed by atoms with Crippen molar-refractivity contribution in [1.29, 1.82) is 0 Å². The highest BCUT2D eigenvalue weighted by Crippen LogP contribution is 2.37. The minimum atomic E-state index is -4.41. The number of thioether (sulfide) groups is 1. The summed E-state index contributed by atoms with van der Waals surface area (Å²) in [6.07, 6.45) is -4.41. The molecule has 4 rings (SSSR count). The van der Waals surface area contributed by atoms with Crippen LogP contribution in [0.3, 0.4) is 0 Å². The number of para-hydroxylation sites is 1. The van der Waals surface area contributed by atoms with Gasteiger partial charge in [0.2, 0.25) is 0 Å². The Balaban J connectivity index is 1.77. The number of benzene rings is 3. The van der Waals surface area contributed by atoms with Gasteiger partial charge in [-0.2, -0.15) is 13.2 Å². The summed E-state index contributed by atoms with van der Waals surface area (Å²) in [4.78, 5) is 0. The van der Waals surface area contributed by atoms with Crippen molar-refractivity contribution in [3.63, 3.8) is 0 Å². The standard InChI is InChI=1S/C24H20F3N3OS/c1-16-11-13-18(14-12-16)30-22(19-8-4-6-10-21(19)31-2)28-29-23(30)32-15-17-7-3-5-9-20(17)24(25,26)27/h3-14H,15H2,1-2H3. The first-order chi connectivity index (χ1) is 15.4. The molecule has 1 heterocycles. The van der Waals surface area contributed by atoms with E-state index in [0.717, 1.165) is 22.9 Å². The zero-order valence-electron chi connectivity index (χ0n) is 17.4. The van der Waals surface area contributed by atoms with Crippen LogP contribution >= 0.6 is 11.8 Å². The summed E-state index contributed by atoms with van der Waals surface area (Å²) in [6, 6.07) is 20.8. The van der Waals surface area contributed by atoms with E-state index in [1.54, 1.807) is 13.2 Å². The molecular formula is C24H20F3N3OS. The van der Waals surface area contributed by atoms with Crippen molar-refractivity contribution in [2.24, 2.45) is 0 Å². The van der Waals surface area contributed by atoms with Crippen molar-refractivity contribution >= 4 is 11.8 Å². The summed E-state index contributed by atoms with van der Waals surface area (Å²) in [5.41, 5.74) is 2.20. The first-order valence-electron chi connectivity index (χ1n) is 9.82.